The fourth-order valence-electron chi connectivity index (χ4n) is 2.47. The van der Waals surface area contributed by atoms with Crippen molar-refractivity contribution in [3.63, 3.8) is 0 Å². The molecule has 0 amide bonds. The van der Waals surface area contributed by atoms with Gasteiger partial charge in [-0.2, -0.15) is 0 Å². The second-order valence-electron chi connectivity index (χ2n) is 4.75. The minimum Gasteiger partial charge on any atom is -0.481 e. The minimum absolute atomic E-state index is 0.600. The van der Waals surface area contributed by atoms with Gasteiger partial charge in [0.15, 0.2) is 0 Å². The van der Waals surface area contributed by atoms with Crippen LogP contribution >= 0.6 is 0 Å². The second-order valence-corrected chi connectivity index (χ2v) is 4.75. The zero-order chi connectivity index (χ0) is 14.2. The van der Waals surface area contributed by atoms with Gasteiger partial charge in [-0.1, -0.05) is 0 Å². The number of H-pyrrole nitrogens is 1. The lowest BCUT2D eigenvalue weighted by Gasteiger charge is -2.00. The van der Waals surface area contributed by atoms with Crippen molar-refractivity contribution in [2.45, 2.75) is 0 Å². The molecule has 0 bridgehead atoms. The van der Waals surface area contributed by atoms with Crippen LogP contribution in [0, 0.1) is 0 Å². The van der Waals surface area contributed by atoms with Crippen LogP contribution in [0.25, 0.3) is 33.1 Å². The Labute approximate surface area is 120 Å². The van der Waals surface area contributed by atoms with E-state index in [1.165, 1.54) is 0 Å². The molecule has 21 heavy (non-hydrogen) atoms. The molecule has 0 atom stereocenters. The Hall–Kier alpha value is -2.95. The molecule has 0 aliphatic rings. The number of aromatic amines is 1. The Morgan fingerprint density at radius 1 is 1.00 bits per heavy atom. The van der Waals surface area contributed by atoms with E-state index in [1.54, 1.807) is 19.5 Å². The summed E-state index contributed by atoms with van der Waals surface area (Å²) in [4.78, 5) is 16.2. The molecule has 0 fully saturated rings. The number of rotatable bonds is 2. The summed E-state index contributed by atoms with van der Waals surface area (Å²) in [6.07, 6.45) is 7.18. The van der Waals surface area contributed by atoms with E-state index in [-0.39, 0.29) is 0 Å². The van der Waals surface area contributed by atoms with Gasteiger partial charge < -0.3 is 9.72 Å². The molecular weight excluding hydrogens is 264 g/mol. The molecule has 0 unspecified atom stereocenters. The molecule has 4 heterocycles. The third-order valence-electron chi connectivity index (χ3n) is 3.51. The molecule has 0 aliphatic heterocycles. The SMILES string of the molecule is COc1cc2c(cn1)[nH]c1cnc(-c3cccnc3)cc12. The summed E-state index contributed by atoms with van der Waals surface area (Å²) < 4.78 is 5.20. The van der Waals surface area contributed by atoms with Crippen molar-refractivity contribution >= 4 is 21.8 Å². The molecule has 0 saturated carbocycles. The Balaban J connectivity index is 1.99. The Morgan fingerprint density at radius 3 is 2.57 bits per heavy atom. The Bertz CT molecular complexity index is 931. The monoisotopic (exact) mass is 276 g/mol. The van der Waals surface area contributed by atoms with Gasteiger partial charge in [-0.05, 0) is 18.2 Å². The number of methoxy groups -OCH3 is 1. The van der Waals surface area contributed by atoms with Crippen molar-refractivity contribution in [1.29, 1.82) is 0 Å². The van der Waals surface area contributed by atoms with Gasteiger partial charge in [0.2, 0.25) is 5.88 Å². The van der Waals surface area contributed by atoms with E-state index >= 15 is 0 Å². The Morgan fingerprint density at radius 2 is 1.81 bits per heavy atom. The van der Waals surface area contributed by atoms with Gasteiger partial charge in [0.05, 0.1) is 36.2 Å². The standard InChI is InChI=1S/C16H12N4O/c1-21-16-6-12-11-5-13(10-3-2-4-17-7-10)18-8-14(11)20-15(12)9-19-16/h2-9,20H,1H3. The fourth-order valence-corrected chi connectivity index (χ4v) is 2.47. The maximum absolute atomic E-state index is 5.20. The van der Waals surface area contributed by atoms with E-state index in [2.05, 4.69) is 26.0 Å². The number of hydrogen-bond acceptors (Lipinski definition) is 4. The lowest BCUT2D eigenvalue weighted by Crippen LogP contribution is -1.86. The van der Waals surface area contributed by atoms with Crippen molar-refractivity contribution in [3.8, 4) is 17.1 Å². The highest BCUT2D eigenvalue weighted by molar-refractivity contribution is 6.07. The first kappa shape index (κ1) is 11.8. The molecule has 5 nitrogen and oxygen atoms in total. The predicted molar refractivity (Wildman–Crippen MR) is 81.2 cm³/mol. The zero-order valence-corrected chi connectivity index (χ0v) is 11.4. The van der Waals surface area contributed by atoms with Crippen molar-refractivity contribution < 1.29 is 4.74 Å². The van der Waals surface area contributed by atoms with Gasteiger partial charge in [0.25, 0.3) is 0 Å². The topological polar surface area (TPSA) is 63.7 Å². The van der Waals surface area contributed by atoms with E-state index in [1.807, 2.05) is 30.6 Å². The van der Waals surface area contributed by atoms with Crippen LogP contribution in [0.1, 0.15) is 0 Å². The molecule has 0 spiro atoms. The number of nitrogens with one attached hydrogen (secondary N) is 1. The summed E-state index contributed by atoms with van der Waals surface area (Å²) >= 11 is 0. The number of ether oxygens (including phenoxy) is 1. The van der Waals surface area contributed by atoms with E-state index in [9.17, 15) is 0 Å². The van der Waals surface area contributed by atoms with Gasteiger partial charge in [0, 0.05) is 34.8 Å². The van der Waals surface area contributed by atoms with Crippen LogP contribution in [0.5, 0.6) is 5.88 Å². The Kier molecular flexibility index (Phi) is 2.57. The molecule has 5 heteroatoms. The third kappa shape index (κ3) is 1.90. The van der Waals surface area contributed by atoms with Gasteiger partial charge in [-0.15, -0.1) is 0 Å². The van der Waals surface area contributed by atoms with Crippen molar-refractivity contribution in [3.05, 3.63) is 49.1 Å². The second kappa shape index (κ2) is 4.56. The third-order valence-corrected chi connectivity index (χ3v) is 3.51. The lowest BCUT2D eigenvalue weighted by molar-refractivity contribution is 0.399. The first-order chi connectivity index (χ1) is 10.3. The molecule has 4 rings (SSSR count). The van der Waals surface area contributed by atoms with Gasteiger partial charge in [-0.3, -0.25) is 9.97 Å². The molecule has 102 valence electrons. The van der Waals surface area contributed by atoms with Crippen molar-refractivity contribution in [2.24, 2.45) is 0 Å². The molecule has 0 saturated heterocycles. The predicted octanol–water partition coefficient (Wildman–Crippen LogP) is 3.18. The molecule has 4 aromatic heterocycles. The summed E-state index contributed by atoms with van der Waals surface area (Å²) in [5.74, 6) is 0.600. The van der Waals surface area contributed by atoms with E-state index in [0.717, 1.165) is 33.1 Å². The normalized spacial score (nSPS) is 11.1. The van der Waals surface area contributed by atoms with Crippen LogP contribution in [0.4, 0.5) is 0 Å². The van der Waals surface area contributed by atoms with Gasteiger partial charge >= 0.3 is 0 Å². The summed E-state index contributed by atoms with van der Waals surface area (Å²) in [5, 5.41) is 2.17. The van der Waals surface area contributed by atoms with E-state index < -0.39 is 0 Å². The van der Waals surface area contributed by atoms with Crippen LogP contribution in [0.3, 0.4) is 0 Å². The number of aromatic nitrogens is 4. The van der Waals surface area contributed by atoms with Crippen LogP contribution < -0.4 is 4.74 Å². The van der Waals surface area contributed by atoms with E-state index in [0.29, 0.717) is 5.88 Å². The average Bonchev–Trinajstić information content (AvgIpc) is 2.92. The molecule has 1 N–H and O–H groups in total. The summed E-state index contributed by atoms with van der Waals surface area (Å²) in [6, 6.07) is 7.90. The lowest BCUT2D eigenvalue weighted by atomic mass is 10.1. The molecule has 0 aromatic carbocycles. The molecular formula is C16H12N4O. The molecule has 4 aromatic rings. The molecule has 0 aliphatic carbocycles. The van der Waals surface area contributed by atoms with E-state index in [4.69, 9.17) is 4.74 Å². The quantitative estimate of drug-likeness (QED) is 0.610. The highest BCUT2D eigenvalue weighted by Gasteiger charge is 2.09. The first-order valence-corrected chi connectivity index (χ1v) is 6.57. The number of nitrogens with zero attached hydrogens (tertiary/aromatic N) is 3. The summed E-state index contributed by atoms with van der Waals surface area (Å²) in [5.41, 5.74) is 3.84. The number of fused-ring (bicyclic) bond motifs is 3. The zero-order valence-electron chi connectivity index (χ0n) is 11.4. The van der Waals surface area contributed by atoms with Crippen molar-refractivity contribution in [2.75, 3.05) is 7.11 Å². The summed E-state index contributed by atoms with van der Waals surface area (Å²) in [6.45, 7) is 0. The number of hydrogen-bond donors (Lipinski definition) is 1. The van der Waals surface area contributed by atoms with Crippen LogP contribution in [0.15, 0.2) is 49.1 Å². The average molecular weight is 276 g/mol. The fraction of sp³-hybridized carbons (Fsp3) is 0.0625. The summed E-state index contributed by atoms with van der Waals surface area (Å²) in [7, 11) is 1.62. The maximum atomic E-state index is 5.20. The van der Waals surface area contributed by atoms with Crippen LogP contribution in [-0.2, 0) is 0 Å². The van der Waals surface area contributed by atoms with Gasteiger partial charge in [-0.25, -0.2) is 4.98 Å². The van der Waals surface area contributed by atoms with Gasteiger partial charge in [0.1, 0.15) is 0 Å². The highest BCUT2D eigenvalue weighted by atomic mass is 16.5. The van der Waals surface area contributed by atoms with Crippen LogP contribution in [0.2, 0.25) is 0 Å². The number of pyridine rings is 3. The highest BCUT2D eigenvalue weighted by Crippen LogP contribution is 2.29. The maximum Gasteiger partial charge on any atom is 0.213 e. The van der Waals surface area contributed by atoms with Crippen LogP contribution in [-0.4, -0.2) is 27.0 Å². The largest absolute Gasteiger partial charge is 0.481 e. The molecule has 0 radical (unpaired) electrons. The minimum atomic E-state index is 0.600. The smallest absolute Gasteiger partial charge is 0.213 e. The van der Waals surface area contributed by atoms with Crippen molar-refractivity contribution in [1.82, 2.24) is 19.9 Å². The first-order valence-electron chi connectivity index (χ1n) is 6.57.